The minimum absolute atomic E-state index is 0.591. The lowest BCUT2D eigenvalue weighted by molar-refractivity contribution is -0.126. The van der Waals surface area contributed by atoms with Gasteiger partial charge in [-0.15, -0.1) is 0 Å². The number of esters is 1. The molecule has 0 fully saturated rings. The summed E-state index contributed by atoms with van der Waals surface area (Å²) in [6.45, 7) is -1.69. The second-order valence-electron chi connectivity index (χ2n) is 5.22. The predicted octanol–water partition coefficient (Wildman–Crippen LogP) is 2.29. The van der Waals surface area contributed by atoms with Gasteiger partial charge in [0, 0.05) is 0 Å². The fraction of sp³-hybridized carbons (Fsp3) is 0.118. The van der Waals surface area contributed by atoms with Crippen molar-refractivity contribution in [3.05, 3.63) is 65.0 Å². The summed E-state index contributed by atoms with van der Waals surface area (Å²) in [6.07, 6.45) is 0. The van der Waals surface area contributed by atoms with Gasteiger partial charge in [-0.1, -0.05) is 6.07 Å². The van der Waals surface area contributed by atoms with Crippen LogP contribution in [0.3, 0.4) is 0 Å². The van der Waals surface area contributed by atoms with E-state index in [0.29, 0.717) is 6.07 Å². The van der Waals surface area contributed by atoms with Crippen LogP contribution >= 0.6 is 0 Å². The standard InChI is InChI=1S/C17H11F5N2O4/c18-8-2-1-3-9(19)14(8)17(27)28-7-13(26)23-6-12(25)24-11-5-4-10(20)15(21)16(11)22/h1-5H,6-7H2,(H,23,26)(H,24,25). The molecule has 2 N–H and O–H groups in total. The largest absolute Gasteiger partial charge is 0.452 e. The van der Waals surface area contributed by atoms with Gasteiger partial charge >= 0.3 is 5.97 Å². The summed E-state index contributed by atoms with van der Waals surface area (Å²) in [6, 6.07) is 4.04. The molecule has 148 valence electrons. The average molecular weight is 402 g/mol. The van der Waals surface area contributed by atoms with Crippen LogP contribution in [-0.2, 0) is 14.3 Å². The van der Waals surface area contributed by atoms with Crippen LogP contribution in [0.25, 0.3) is 0 Å². The molecule has 28 heavy (non-hydrogen) atoms. The molecular formula is C17H11F5N2O4. The van der Waals surface area contributed by atoms with E-state index in [0.717, 1.165) is 24.3 Å². The number of benzene rings is 2. The minimum atomic E-state index is -1.78. The van der Waals surface area contributed by atoms with Crippen molar-refractivity contribution in [2.45, 2.75) is 0 Å². The van der Waals surface area contributed by atoms with Crippen molar-refractivity contribution >= 4 is 23.5 Å². The second kappa shape index (κ2) is 8.93. The van der Waals surface area contributed by atoms with Gasteiger partial charge in [0.25, 0.3) is 5.91 Å². The molecule has 0 aromatic heterocycles. The quantitative estimate of drug-likeness (QED) is 0.441. The molecule has 0 saturated heterocycles. The number of hydrogen-bond donors (Lipinski definition) is 2. The first kappa shape index (κ1) is 20.8. The molecule has 11 heteroatoms. The van der Waals surface area contributed by atoms with E-state index in [1.165, 1.54) is 0 Å². The van der Waals surface area contributed by atoms with Gasteiger partial charge in [0.05, 0.1) is 12.2 Å². The summed E-state index contributed by atoms with van der Waals surface area (Å²) in [7, 11) is 0. The van der Waals surface area contributed by atoms with Crippen LogP contribution in [0.5, 0.6) is 0 Å². The molecule has 0 heterocycles. The molecule has 2 aromatic carbocycles. The van der Waals surface area contributed by atoms with Crippen molar-refractivity contribution in [3.63, 3.8) is 0 Å². The molecule has 0 aliphatic carbocycles. The van der Waals surface area contributed by atoms with E-state index < -0.39 is 71.3 Å². The molecule has 0 aliphatic rings. The van der Waals surface area contributed by atoms with Gasteiger partial charge in [-0.3, -0.25) is 9.59 Å². The normalized spacial score (nSPS) is 10.3. The fourth-order valence-corrected chi connectivity index (χ4v) is 1.94. The molecule has 0 atom stereocenters. The third-order valence-corrected chi connectivity index (χ3v) is 3.26. The van der Waals surface area contributed by atoms with Crippen LogP contribution in [0.15, 0.2) is 30.3 Å². The van der Waals surface area contributed by atoms with Crippen LogP contribution in [0.2, 0.25) is 0 Å². The van der Waals surface area contributed by atoms with E-state index in [1.54, 1.807) is 0 Å². The Morgan fingerprint density at radius 3 is 2.11 bits per heavy atom. The first-order valence-corrected chi connectivity index (χ1v) is 7.52. The smallest absolute Gasteiger partial charge is 0.344 e. The number of anilines is 1. The van der Waals surface area contributed by atoms with Gasteiger partial charge in [-0.05, 0) is 24.3 Å². The van der Waals surface area contributed by atoms with Crippen molar-refractivity contribution < 1.29 is 41.1 Å². The minimum Gasteiger partial charge on any atom is -0.452 e. The lowest BCUT2D eigenvalue weighted by Gasteiger charge is -2.09. The maximum Gasteiger partial charge on any atom is 0.344 e. The van der Waals surface area contributed by atoms with E-state index in [1.807, 2.05) is 10.6 Å². The summed E-state index contributed by atoms with van der Waals surface area (Å²) in [5.41, 5.74) is -1.64. The topological polar surface area (TPSA) is 84.5 Å². The Morgan fingerprint density at radius 1 is 0.821 bits per heavy atom. The third-order valence-electron chi connectivity index (χ3n) is 3.26. The van der Waals surface area contributed by atoms with Crippen LogP contribution in [0, 0.1) is 29.1 Å². The SMILES string of the molecule is O=C(COC(=O)c1c(F)cccc1F)NCC(=O)Nc1ccc(F)c(F)c1F. The molecule has 2 aromatic rings. The molecule has 0 unspecified atom stereocenters. The molecule has 0 bridgehead atoms. The molecule has 6 nitrogen and oxygen atoms in total. The Labute approximate surface area is 154 Å². The monoisotopic (exact) mass is 402 g/mol. The van der Waals surface area contributed by atoms with Gasteiger partial charge in [0.2, 0.25) is 5.91 Å². The highest BCUT2D eigenvalue weighted by Gasteiger charge is 2.20. The lowest BCUT2D eigenvalue weighted by Crippen LogP contribution is -2.35. The molecule has 0 aliphatic heterocycles. The number of ether oxygens (including phenoxy) is 1. The van der Waals surface area contributed by atoms with Crippen LogP contribution in [-0.4, -0.2) is 30.9 Å². The Kier molecular flexibility index (Phi) is 6.64. The molecule has 0 spiro atoms. The number of halogens is 5. The van der Waals surface area contributed by atoms with Crippen LogP contribution in [0.1, 0.15) is 10.4 Å². The number of rotatable bonds is 6. The molecular weight excluding hydrogens is 391 g/mol. The number of amides is 2. The number of nitrogens with one attached hydrogen (secondary N) is 2. The number of hydrogen-bond acceptors (Lipinski definition) is 4. The van der Waals surface area contributed by atoms with Gasteiger partial charge in [0.1, 0.15) is 17.2 Å². The highest BCUT2D eigenvalue weighted by molar-refractivity contribution is 5.95. The van der Waals surface area contributed by atoms with Crippen LogP contribution < -0.4 is 10.6 Å². The van der Waals surface area contributed by atoms with Crippen molar-refractivity contribution in [3.8, 4) is 0 Å². The van der Waals surface area contributed by atoms with Crippen molar-refractivity contribution in [1.29, 1.82) is 0 Å². The molecule has 0 radical (unpaired) electrons. The van der Waals surface area contributed by atoms with Crippen molar-refractivity contribution in [1.82, 2.24) is 5.32 Å². The summed E-state index contributed by atoms with van der Waals surface area (Å²) < 4.78 is 70.5. The zero-order chi connectivity index (χ0) is 20.8. The summed E-state index contributed by atoms with van der Waals surface area (Å²) in [4.78, 5) is 34.7. The first-order chi connectivity index (χ1) is 13.2. The predicted molar refractivity (Wildman–Crippen MR) is 84.6 cm³/mol. The van der Waals surface area contributed by atoms with Crippen LogP contribution in [0.4, 0.5) is 27.6 Å². The van der Waals surface area contributed by atoms with Gasteiger partial charge in [-0.2, -0.15) is 0 Å². The molecule has 2 amide bonds. The number of carbonyl (C=O) groups is 3. The number of carbonyl (C=O) groups excluding carboxylic acids is 3. The third kappa shape index (κ3) is 5.02. The van der Waals surface area contributed by atoms with E-state index >= 15 is 0 Å². The maximum absolute atomic E-state index is 13.4. The van der Waals surface area contributed by atoms with E-state index in [2.05, 4.69) is 4.74 Å². The zero-order valence-corrected chi connectivity index (χ0v) is 13.8. The lowest BCUT2D eigenvalue weighted by atomic mass is 10.2. The highest BCUT2D eigenvalue weighted by atomic mass is 19.2. The first-order valence-electron chi connectivity index (χ1n) is 7.52. The Balaban J connectivity index is 1.83. The highest BCUT2D eigenvalue weighted by Crippen LogP contribution is 2.19. The maximum atomic E-state index is 13.4. The van der Waals surface area contributed by atoms with E-state index in [-0.39, 0.29) is 0 Å². The second-order valence-corrected chi connectivity index (χ2v) is 5.22. The molecule has 0 saturated carbocycles. The van der Waals surface area contributed by atoms with E-state index in [4.69, 9.17) is 0 Å². The Morgan fingerprint density at radius 2 is 1.46 bits per heavy atom. The fourth-order valence-electron chi connectivity index (χ4n) is 1.94. The van der Waals surface area contributed by atoms with Gasteiger partial charge < -0.3 is 15.4 Å². The summed E-state index contributed by atoms with van der Waals surface area (Å²) in [5.74, 6) is -10.7. The van der Waals surface area contributed by atoms with Crippen molar-refractivity contribution in [2.24, 2.45) is 0 Å². The zero-order valence-electron chi connectivity index (χ0n) is 13.8. The van der Waals surface area contributed by atoms with Gasteiger partial charge in [-0.25, -0.2) is 26.7 Å². The summed E-state index contributed by atoms with van der Waals surface area (Å²) in [5, 5.41) is 3.88. The molecule has 2 rings (SSSR count). The summed E-state index contributed by atoms with van der Waals surface area (Å²) >= 11 is 0. The Bertz CT molecular complexity index is 916. The Hall–Kier alpha value is -3.50. The van der Waals surface area contributed by atoms with E-state index in [9.17, 15) is 36.3 Å². The average Bonchev–Trinajstić information content (AvgIpc) is 2.65. The van der Waals surface area contributed by atoms with Crippen molar-refractivity contribution in [2.75, 3.05) is 18.5 Å². The van der Waals surface area contributed by atoms with Gasteiger partial charge in [0.15, 0.2) is 24.1 Å².